The molecule has 122 valence electrons. The lowest BCUT2D eigenvalue weighted by molar-refractivity contribution is -1.00. The molecule has 1 aromatic carbocycles. The van der Waals surface area contributed by atoms with Gasteiger partial charge in [0.2, 0.25) is 0 Å². The largest absolute Gasteiger partial charge is 0.493 e. The Kier molecular flexibility index (Phi) is 6.21. The number of carbonyl (C=O) groups is 1. The monoisotopic (exact) mass is 308 g/mol. The molecule has 0 bridgehead atoms. The van der Waals surface area contributed by atoms with Crippen LogP contribution in [0.25, 0.3) is 0 Å². The third kappa shape index (κ3) is 4.71. The molecular weight excluding hydrogens is 280 g/mol. The molecule has 1 heterocycles. The minimum absolute atomic E-state index is 0.0330. The maximum Gasteiger partial charge on any atom is 0.161 e. The van der Waals surface area contributed by atoms with Crippen LogP contribution in [0.1, 0.15) is 23.7 Å². The SMILES string of the molecule is COc1cc(C(C)=O)ccc1OCCC[NH+]1CC[NH+](C)CC1. The smallest absolute Gasteiger partial charge is 0.161 e. The van der Waals surface area contributed by atoms with Gasteiger partial charge in [0.15, 0.2) is 17.3 Å². The molecule has 0 radical (unpaired) electrons. The van der Waals surface area contributed by atoms with Crippen LogP contribution >= 0.6 is 0 Å². The van der Waals surface area contributed by atoms with E-state index in [0.29, 0.717) is 23.7 Å². The molecule has 1 aromatic rings. The summed E-state index contributed by atoms with van der Waals surface area (Å²) in [6, 6.07) is 5.35. The summed E-state index contributed by atoms with van der Waals surface area (Å²) in [5, 5.41) is 0. The second kappa shape index (κ2) is 8.15. The zero-order valence-electron chi connectivity index (χ0n) is 13.9. The summed E-state index contributed by atoms with van der Waals surface area (Å²) in [7, 11) is 3.86. The number of nitrogens with one attached hydrogen (secondary N) is 2. The third-order valence-corrected chi connectivity index (χ3v) is 4.31. The highest BCUT2D eigenvalue weighted by Gasteiger charge is 2.19. The van der Waals surface area contributed by atoms with Gasteiger partial charge in [0.25, 0.3) is 0 Å². The van der Waals surface area contributed by atoms with Crippen LogP contribution in [-0.2, 0) is 0 Å². The average Bonchev–Trinajstić information content (AvgIpc) is 2.53. The highest BCUT2D eigenvalue weighted by molar-refractivity contribution is 5.94. The fourth-order valence-corrected chi connectivity index (χ4v) is 2.79. The van der Waals surface area contributed by atoms with E-state index in [1.165, 1.54) is 26.2 Å². The van der Waals surface area contributed by atoms with E-state index in [0.717, 1.165) is 13.0 Å². The van der Waals surface area contributed by atoms with E-state index in [4.69, 9.17) is 9.47 Å². The zero-order valence-corrected chi connectivity index (χ0v) is 13.9. The molecular formula is C17H28N2O3+2. The molecule has 0 amide bonds. The Bertz CT molecular complexity index is 497. The van der Waals surface area contributed by atoms with Crippen molar-refractivity contribution >= 4 is 5.78 Å². The predicted octanol–water partition coefficient (Wildman–Crippen LogP) is -0.920. The first kappa shape index (κ1) is 16.8. The second-order valence-electron chi connectivity index (χ2n) is 6.08. The number of carbonyl (C=O) groups excluding carboxylic acids is 1. The first-order chi connectivity index (χ1) is 10.6. The van der Waals surface area contributed by atoms with Crippen molar-refractivity contribution in [2.75, 3.05) is 53.5 Å². The van der Waals surface area contributed by atoms with Crippen molar-refractivity contribution in [1.82, 2.24) is 0 Å². The lowest BCUT2D eigenvalue weighted by Gasteiger charge is -2.27. The second-order valence-corrected chi connectivity index (χ2v) is 6.08. The number of hydrogen-bond acceptors (Lipinski definition) is 3. The van der Waals surface area contributed by atoms with Crippen LogP contribution in [0.3, 0.4) is 0 Å². The molecule has 1 aliphatic heterocycles. The van der Waals surface area contributed by atoms with Gasteiger partial charge >= 0.3 is 0 Å². The van der Waals surface area contributed by atoms with Crippen molar-refractivity contribution in [3.05, 3.63) is 23.8 Å². The lowest BCUT2D eigenvalue weighted by atomic mass is 10.1. The number of hydrogen-bond donors (Lipinski definition) is 2. The van der Waals surface area contributed by atoms with Gasteiger partial charge in [0.1, 0.15) is 26.2 Å². The summed E-state index contributed by atoms with van der Waals surface area (Å²) in [4.78, 5) is 14.7. The van der Waals surface area contributed by atoms with Crippen LogP contribution < -0.4 is 19.3 Å². The van der Waals surface area contributed by atoms with Gasteiger partial charge < -0.3 is 19.3 Å². The summed E-state index contributed by atoms with van der Waals surface area (Å²) in [5.41, 5.74) is 0.647. The van der Waals surface area contributed by atoms with E-state index >= 15 is 0 Å². The number of ketones is 1. The van der Waals surface area contributed by atoms with Crippen LogP contribution in [0.4, 0.5) is 0 Å². The number of benzene rings is 1. The molecule has 0 atom stereocenters. The van der Waals surface area contributed by atoms with E-state index in [9.17, 15) is 4.79 Å². The fraction of sp³-hybridized carbons (Fsp3) is 0.588. The van der Waals surface area contributed by atoms with Gasteiger partial charge in [-0.05, 0) is 25.1 Å². The standard InChI is InChI=1S/C17H26N2O3/c1-14(20)15-5-6-16(17(13-15)21-3)22-12-4-7-19-10-8-18(2)9-11-19/h5-6,13H,4,7-12H2,1-3H3/p+2. The Morgan fingerprint density at radius 1 is 1.18 bits per heavy atom. The van der Waals surface area contributed by atoms with Gasteiger partial charge in [-0.1, -0.05) is 0 Å². The Balaban J connectivity index is 1.78. The Morgan fingerprint density at radius 2 is 1.91 bits per heavy atom. The van der Waals surface area contributed by atoms with Crippen LogP contribution in [0.15, 0.2) is 18.2 Å². The van der Waals surface area contributed by atoms with Gasteiger partial charge in [-0.15, -0.1) is 0 Å². The molecule has 5 nitrogen and oxygen atoms in total. The molecule has 22 heavy (non-hydrogen) atoms. The maximum atomic E-state index is 11.4. The summed E-state index contributed by atoms with van der Waals surface area (Å²) >= 11 is 0. The molecule has 2 rings (SSSR count). The molecule has 0 aromatic heterocycles. The zero-order chi connectivity index (χ0) is 15.9. The quantitative estimate of drug-likeness (QED) is 0.506. The number of quaternary nitrogens is 2. The van der Waals surface area contributed by atoms with Crippen LogP contribution in [0.2, 0.25) is 0 Å². The Labute approximate surface area is 132 Å². The number of methoxy groups -OCH3 is 1. The van der Waals surface area contributed by atoms with Gasteiger partial charge in [0, 0.05) is 12.0 Å². The summed E-state index contributed by atoms with van der Waals surface area (Å²) in [6.07, 6.45) is 1.03. The molecule has 0 saturated carbocycles. The minimum atomic E-state index is 0.0330. The van der Waals surface area contributed by atoms with Gasteiger partial charge in [-0.3, -0.25) is 4.79 Å². The van der Waals surface area contributed by atoms with Crippen molar-refractivity contribution in [3.8, 4) is 11.5 Å². The third-order valence-electron chi connectivity index (χ3n) is 4.31. The number of rotatable bonds is 7. The van der Waals surface area contributed by atoms with Gasteiger partial charge in [-0.2, -0.15) is 0 Å². The normalized spacial score (nSPS) is 21.4. The van der Waals surface area contributed by atoms with E-state index in [1.807, 2.05) is 6.07 Å². The summed E-state index contributed by atoms with van der Waals surface area (Å²) < 4.78 is 11.1. The minimum Gasteiger partial charge on any atom is -0.493 e. The molecule has 2 N–H and O–H groups in total. The van der Waals surface area contributed by atoms with E-state index in [2.05, 4.69) is 7.05 Å². The first-order valence-electron chi connectivity index (χ1n) is 8.07. The van der Waals surface area contributed by atoms with E-state index in [-0.39, 0.29) is 5.78 Å². The number of likely N-dealkylation sites (N-methyl/N-ethyl adjacent to an activating group) is 1. The molecule has 0 unspecified atom stereocenters. The Hall–Kier alpha value is -1.59. The highest BCUT2D eigenvalue weighted by atomic mass is 16.5. The summed E-state index contributed by atoms with van der Waals surface area (Å²) in [6.45, 7) is 8.41. The number of Topliss-reactive ketones (excluding diaryl/α,β-unsaturated/α-hetero) is 1. The van der Waals surface area contributed by atoms with Gasteiger partial charge in [-0.25, -0.2) is 0 Å². The Morgan fingerprint density at radius 3 is 2.55 bits per heavy atom. The van der Waals surface area contributed by atoms with Crippen LogP contribution in [-0.4, -0.2) is 59.3 Å². The molecule has 1 saturated heterocycles. The molecule has 0 spiro atoms. The lowest BCUT2D eigenvalue weighted by Crippen LogP contribution is -3.27. The average molecular weight is 308 g/mol. The molecule has 5 heteroatoms. The summed E-state index contributed by atoms with van der Waals surface area (Å²) in [5.74, 6) is 1.37. The van der Waals surface area contributed by atoms with Crippen LogP contribution in [0, 0.1) is 0 Å². The fourth-order valence-electron chi connectivity index (χ4n) is 2.79. The number of piperazine rings is 1. The number of ether oxygens (including phenoxy) is 2. The van der Waals surface area contributed by atoms with Crippen molar-refractivity contribution in [3.63, 3.8) is 0 Å². The molecule has 1 fully saturated rings. The van der Waals surface area contributed by atoms with Crippen molar-refractivity contribution < 1.29 is 24.1 Å². The highest BCUT2D eigenvalue weighted by Crippen LogP contribution is 2.28. The molecule has 0 aliphatic carbocycles. The van der Waals surface area contributed by atoms with Crippen molar-refractivity contribution in [2.45, 2.75) is 13.3 Å². The van der Waals surface area contributed by atoms with E-state index < -0.39 is 0 Å². The van der Waals surface area contributed by atoms with Gasteiger partial charge in [0.05, 0.1) is 27.3 Å². The maximum absolute atomic E-state index is 11.4. The van der Waals surface area contributed by atoms with Crippen LogP contribution in [0.5, 0.6) is 11.5 Å². The van der Waals surface area contributed by atoms with Crippen molar-refractivity contribution in [1.29, 1.82) is 0 Å². The van der Waals surface area contributed by atoms with E-state index in [1.54, 1.807) is 36.0 Å². The van der Waals surface area contributed by atoms with Crippen molar-refractivity contribution in [2.24, 2.45) is 0 Å². The molecule has 1 aliphatic rings. The predicted molar refractivity (Wildman–Crippen MR) is 85.3 cm³/mol. The topological polar surface area (TPSA) is 44.4 Å². The first-order valence-corrected chi connectivity index (χ1v) is 8.07.